The maximum Gasteiger partial charge on any atom is 0.165 e. The molecule has 0 radical (unpaired) electrons. The predicted octanol–water partition coefficient (Wildman–Crippen LogP) is 13.5. The molecule has 0 N–H and O–H groups in total. The Bertz CT molecular complexity index is 3180. The second-order valence-corrected chi connectivity index (χ2v) is 14.7. The summed E-state index contributed by atoms with van der Waals surface area (Å²) in [6, 6.07) is 71.9. The average Bonchev–Trinajstić information content (AvgIpc) is 3.71. The van der Waals surface area contributed by atoms with Gasteiger partial charge in [-0.2, -0.15) is 0 Å². The molecule has 276 valence electrons. The Kier molecular flexibility index (Phi) is 8.41. The smallest absolute Gasteiger partial charge is 0.165 e. The van der Waals surface area contributed by atoms with E-state index in [0.717, 1.165) is 83.6 Å². The van der Waals surface area contributed by atoms with Gasteiger partial charge in [-0.3, -0.25) is 4.40 Å². The number of hydrogen-bond donors (Lipinski definition) is 0. The molecule has 5 heteroatoms. The molecule has 0 unspecified atom stereocenters. The predicted molar refractivity (Wildman–Crippen MR) is 242 cm³/mol. The van der Waals surface area contributed by atoms with Crippen molar-refractivity contribution in [3.05, 3.63) is 212 Å². The maximum atomic E-state index is 5.21. The van der Waals surface area contributed by atoms with E-state index in [0.29, 0.717) is 5.82 Å². The molecule has 0 aliphatic rings. The molecule has 0 aliphatic carbocycles. The summed E-state index contributed by atoms with van der Waals surface area (Å²) in [4.78, 5) is 20.5. The van der Waals surface area contributed by atoms with Gasteiger partial charge in [0.1, 0.15) is 11.2 Å². The largest absolute Gasteiger partial charge is 0.284 e. The van der Waals surface area contributed by atoms with Gasteiger partial charge in [0.05, 0.1) is 17.1 Å². The van der Waals surface area contributed by atoms with Crippen LogP contribution in [0.5, 0.6) is 0 Å². The molecule has 11 aromatic rings. The van der Waals surface area contributed by atoms with Gasteiger partial charge in [0.25, 0.3) is 0 Å². The van der Waals surface area contributed by atoms with E-state index in [1.165, 1.54) is 16.7 Å². The van der Waals surface area contributed by atoms with Gasteiger partial charge in [0, 0.05) is 39.2 Å². The first-order chi connectivity index (χ1) is 29.2. The third-order valence-electron chi connectivity index (χ3n) is 11.1. The zero-order chi connectivity index (χ0) is 39.1. The first-order valence-corrected chi connectivity index (χ1v) is 19.8. The fraction of sp³-hybridized carbons (Fsp3) is 0. The van der Waals surface area contributed by atoms with Crippen molar-refractivity contribution >= 4 is 27.6 Å². The number of imidazole rings is 1. The van der Waals surface area contributed by atoms with Crippen molar-refractivity contribution < 1.29 is 0 Å². The minimum atomic E-state index is 0.682. The van der Waals surface area contributed by atoms with Crippen LogP contribution in [0, 0.1) is 0 Å². The lowest BCUT2D eigenvalue weighted by atomic mass is 9.97. The third kappa shape index (κ3) is 6.41. The first-order valence-electron chi connectivity index (χ1n) is 19.8. The highest BCUT2D eigenvalue weighted by Crippen LogP contribution is 2.36. The van der Waals surface area contributed by atoms with Crippen molar-refractivity contribution in [2.45, 2.75) is 0 Å². The van der Waals surface area contributed by atoms with Crippen LogP contribution in [0.1, 0.15) is 0 Å². The van der Waals surface area contributed by atoms with Gasteiger partial charge in [0.15, 0.2) is 11.5 Å². The van der Waals surface area contributed by atoms with Crippen LogP contribution in [0.15, 0.2) is 212 Å². The summed E-state index contributed by atoms with van der Waals surface area (Å²) in [6.07, 6.45) is 2.03. The molecule has 0 spiro atoms. The SMILES string of the molecule is c1ccc(-c2ccc(-c3cc(-c4cccc(-c5ccc(-c6nc7c(nc8ccccn87)c7ccccc67)cc5)c4)nc(-c4ccc(-c5ccccc5)cc4)n3)cc2)cc1. The van der Waals surface area contributed by atoms with Crippen LogP contribution >= 0.6 is 0 Å². The van der Waals surface area contributed by atoms with Crippen molar-refractivity contribution in [1.29, 1.82) is 0 Å². The van der Waals surface area contributed by atoms with Gasteiger partial charge in [0.2, 0.25) is 0 Å². The molecule has 0 saturated heterocycles. The summed E-state index contributed by atoms with van der Waals surface area (Å²) in [5, 5.41) is 2.17. The van der Waals surface area contributed by atoms with E-state index in [4.69, 9.17) is 19.9 Å². The first kappa shape index (κ1) is 34.2. The highest BCUT2D eigenvalue weighted by atomic mass is 15.1. The third-order valence-corrected chi connectivity index (χ3v) is 11.1. The molecule has 0 bridgehead atoms. The zero-order valence-corrected chi connectivity index (χ0v) is 31.9. The second kappa shape index (κ2) is 14.5. The monoisotopic (exact) mass is 753 g/mol. The number of fused-ring (bicyclic) bond motifs is 5. The standard InChI is InChI=1S/C54H35N5/c1-3-12-36(13-4-1)38-21-27-41(28-22-38)48-35-49(56-53(55-48)43-31-25-39(26-32-43)37-14-5-2-6-15-37)45-17-11-16-44(34-45)40-23-29-42(30-24-40)51-46-18-7-8-19-47(46)52-54(58-51)59-33-10-9-20-50(59)57-52/h1-35H. The molecular weight excluding hydrogens is 719 g/mol. The number of nitrogens with zero attached hydrogens (tertiary/aromatic N) is 5. The van der Waals surface area contributed by atoms with Gasteiger partial charge in [-0.25, -0.2) is 19.9 Å². The van der Waals surface area contributed by atoms with E-state index in [-0.39, 0.29) is 0 Å². The normalized spacial score (nSPS) is 11.4. The lowest BCUT2D eigenvalue weighted by Crippen LogP contribution is -1.96. The van der Waals surface area contributed by atoms with Crippen LogP contribution in [0.25, 0.3) is 106 Å². The van der Waals surface area contributed by atoms with Crippen LogP contribution < -0.4 is 0 Å². The van der Waals surface area contributed by atoms with Crippen LogP contribution in [0.2, 0.25) is 0 Å². The Morgan fingerprint density at radius 1 is 0.305 bits per heavy atom. The van der Waals surface area contributed by atoms with Crippen LogP contribution in [0.4, 0.5) is 0 Å². The van der Waals surface area contributed by atoms with Gasteiger partial charge < -0.3 is 0 Å². The number of rotatable bonds is 7. The van der Waals surface area contributed by atoms with Crippen LogP contribution in [-0.2, 0) is 0 Å². The van der Waals surface area contributed by atoms with Crippen LogP contribution in [0.3, 0.4) is 0 Å². The molecule has 4 aromatic heterocycles. The van der Waals surface area contributed by atoms with Gasteiger partial charge in [-0.15, -0.1) is 0 Å². The Balaban J connectivity index is 0.970. The molecule has 7 aromatic carbocycles. The number of aromatic nitrogens is 5. The molecule has 5 nitrogen and oxygen atoms in total. The highest BCUT2D eigenvalue weighted by molar-refractivity contribution is 6.09. The van der Waals surface area contributed by atoms with Crippen LogP contribution in [-0.4, -0.2) is 24.3 Å². The molecule has 0 saturated carbocycles. The molecule has 59 heavy (non-hydrogen) atoms. The lowest BCUT2D eigenvalue weighted by molar-refractivity contribution is 1.18. The lowest BCUT2D eigenvalue weighted by Gasteiger charge is -2.12. The zero-order valence-electron chi connectivity index (χ0n) is 31.9. The number of hydrogen-bond acceptors (Lipinski definition) is 4. The molecular formula is C54H35N5. The summed E-state index contributed by atoms with van der Waals surface area (Å²) in [5.41, 5.74) is 16.3. The van der Waals surface area contributed by atoms with E-state index in [9.17, 15) is 0 Å². The number of pyridine rings is 2. The van der Waals surface area contributed by atoms with Crippen molar-refractivity contribution in [2.75, 3.05) is 0 Å². The summed E-state index contributed by atoms with van der Waals surface area (Å²) >= 11 is 0. The molecule has 11 rings (SSSR count). The summed E-state index contributed by atoms with van der Waals surface area (Å²) in [5.74, 6) is 0.682. The minimum absolute atomic E-state index is 0.682. The molecule has 0 fully saturated rings. The van der Waals surface area contributed by atoms with E-state index in [1.807, 2.05) is 36.5 Å². The Morgan fingerprint density at radius 2 is 0.797 bits per heavy atom. The topological polar surface area (TPSA) is 56.0 Å². The van der Waals surface area contributed by atoms with E-state index >= 15 is 0 Å². The Labute approximate surface area is 341 Å². The summed E-state index contributed by atoms with van der Waals surface area (Å²) in [7, 11) is 0. The van der Waals surface area contributed by atoms with Crippen molar-refractivity contribution in [3.8, 4) is 78.5 Å². The molecule has 0 atom stereocenters. The van der Waals surface area contributed by atoms with Gasteiger partial charge in [-0.05, 0) is 57.6 Å². The van der Waals surface area contributed by atoms with Crippen molar-refractivity contribution in [3.63, 3.8) is 0 Å². The molecule has 4 heterocycles. The number of benzene rings is 7. The fourth-order valence-corrected chi connectivity index (χ4v) is 8.01. The van der Waals surface area contributed by atoms with E-state index < -0.39 is 0 Å². The quantitative estimate of drug-likeness (QED) is 0.163. The fourth-order valence-electron chi connectivity index (χ4n) is 8.01. The maximum absolute atomic E-state index is 5.21. The summed E-state index contributed by atoms with van der Waals surface area (Å²) in [6.45, 7) is 0. The Hall–Kier alpha value is -8.02. The second-order valence-electron chi connectivity index (χ2n) is 14.7. The van der Waals surface area contributed by atoms with E-state index in [2.05, 4.69) is 180 Å². The van der Waals surface area contributed by atoms with Gasteiger partial charge in [-0.1, -0.05) is 182 Å². The average molecular weight is 754 g/mol. The van der Waals surface area contributed by atoms with Gasteiger partial charge >= 0.3 is 0 Å². The molecule has 0 amide bonds. The Morgan fingerprint density at radius 3 is 1.47 bits per heavy atom. The van der Waals surface area contributed by atoms with E-state index in [1.54, 1.807) is 0 Å². The minimum Gasteiger partial charge on any atom is -0.284 e. The highest BCUT2D eigenvalue weighted by Gasteiger charge is 2.16. The van der Waals surface area contributed by atoms with Crippen molar-refractivity contribution in [2.24, 2.45) is 0 Å². The van der Waals surface area contributed by atoms with Crippen molar-refractivity contribution in [1.82, 2.24) is 24.3 Å². The summed E-state index contributed by atoms with van der Waals surface area (Å²) < 4.78 is 2.06. The molecule has 0 aliphatic heterocycles.